The van der Waals surface area contributed by atoms with Crippen LogP contribution >= 0.6 is 12.2 Å². The van der Waals surface area contributed by atoms with E-state index in [0.717, 1.165) is 28.9 Å². The lowest BCUT2D eigenvalue weighted by atomic mass is 10.1. The van der Waals surface area contributed by atoms with E-state index in [1.54, 1.807) is 10.9 Å². The average Bonchev–Trinajstić information content (AvgIpc) is 3.04. The molecule has 0 radical (unpaired) electrons. The van der Waals surface area contributed by atoms with Gasteiger partial charge in [-0.2, -0.15) is 4.98 Å². The SMILES string of the molecule is Cc1cccc(C)c1-n1cnc2nc(N3c4ccccc4CC3C)[nH]c(=O)c2c1=S. The Kier molecular flexibility index (Phi) is 4.29. The maximum atomic E-state index is 13.1. The van der Waals surface area contributed by atoms with Crippen LogP contribution in [0, 0.1) is 18.5 Å². The summed E-state index contributed by atoms with van der Waals surface area (Å²) in [5.74, 6) is 0.497. The highest BCUT2D eigenvalue weighted by atomic mass is 32.1. The van der Waals surface area contributed by atoms with Crippen LogP contribution in [0.2, 0.25) is 0 Å². The summed E-state index contributed by atoms with van der Waals surface area (Å²) in [5, 5.41) is 0.332. The number of anilines is 2. The zero-order chi connectivity index (χ0) is 21.0. The second kappa shape index (κ2) is 6.88. The predicted molar refractivity (Wildman–Crippen MR) is 122 cm³/mol. The van der Waals surface area contributed by atoms with Crippen molar-refractivity contribution in [3.8, 4) is 5.69 Å². The van der Waals surface area contributed by atoms with Crippen LogP contribution in [0.4, 0.5) is 11.6 Å². The molecule has 5 rings (SSSR count). The van der Waals surface area contributed by atoms with Crippen molar-refractivity contribution < 1.29 is 0 Å². The first-order valence-corrected chi connectivity index (χ1v) is 10.3. The number of hydrogen-bond acceptors (Lipinski definition) is 5. The van der Waals surface area contributed by atoms with Crippen molar-refractivity contribution in [1.29, 1.82) is 0 Å². The first kappa shape index (κ1) is 18.7. The van der Waals surface area contributed by atoms with Gasteiger partial charge < -0.3 is 4.90 Å². The Bertz CT molecular complexity index is 1400. The van der Waals surface area contributed by atoms with E-state index in [0.29, 0.717) is 21.6 Å². The molecule has 0 bridgehead atoms. The van der Waals surface area contributed by atoms with E-state index < -0.39 is 0 Å². The molecule has 7 heteroatoms. The van der Waals surface area contributed by atoms with Crippen molar-refractivity contribution >= 4 is 34.9 Å². The summed E-state index contributed by atoms with van der Waals surface area (Å²) >= 11 is 5.70. The molecule has 1 aliphatic heterocycles. The Morgan fingerprint density at radius 3 is 2.60 bits per heavy atom. The van der Waals surface area contributed by atoms with Crippen LogP contribution in [-0.2, 0) is 6.42 Å². The first-order chi connectivity index (χ1) is 14.5. The van der Waals surface area contributed by atoms with E-state index in [9.17, 15) is 4.79 Å². The minimum absolute atomic E-state index is 0.189. The topological polar surface area (TPSA) is 66.8 Å². The largest absolute Gasteiger partial charge is 0.309 e. The summed E-state index contributed by atoms with van der Waals surface area (Å²) in [6, 6.07) is 14.4. The van der Waals surface area contributed by atoms with Crippen LogP contribution < -0.4 is 10.5 Å². The third-order valence-corrected chi connectivity index (χ3v) is 6.13. The smallest absolute Gasteiger partial charge is 0.264 e. The number of aryl methyl sites for hydroxylation is 2. The van der Waals surface area contributed by atoms with Gasteiger partial charge in [0.05, 0.1) is 5.69 Å². The van der Waals surface area contributed by atoms with Gasteiger partial charge in [0, 0.05) is 11.7 Å². The van der Waals surface area contributed by atoms with Crippen molar-refractivity contribution in [3.05, 3.63) is 80.5 Å². The van der Waals surface area contributed by atoms with Crippen molar-refractivity contribution in [2.24, 2.45) is 0 Å². The molecule has 0 fully saturated rings. The number of aromatic amines is 1. The van der Waals surface area contributed by atoms with Gasteiger partial charge in [0.25, 0.3) is 5.56 Å². The standard InChI is InChI=1S/C23H21N5OS/c1-13-7-6-8-14(2)19(13)27-12-24-20-18(22(27)30)21(29)26-23(25-20)28-15(3)11-16-9-4-5-10-17(16)28/h4-10,12,15H,11H2,1-3H3,(H,25,26,29). The molecule has 0 aliphatic carbocycles. The fraction of sp³-hybridized carbons (Fsp3) is 0.217. The fourth-order valence-electron chi connectivity index (χ4n) is 4.37. The van der Waals surface area contributed by atoms with E-state index in [1.807, 2.05) is 44.2 Å². The van der Waals surface area contributed by atoms with E-state index in [-0.39, 0.29) is 11.6 Å². The van der Waals surface area contributed by atoms with Crippen LogP contribution in [-0.4, -0.2) is 25.6 Å². The molecule has 0 saturated heterocycles. The van der Waals surface area contributed by atoms with Crippen LogP contribution in [0.15, 0.2) is 53.6 Å². The number of nitrogens with zero attached hydrogens (tertiary/aromatic N) is 4. The maximum absolute atomic E-state index is 13.1. The fourth-order valence-corrected chi connectivity index (χ4v) is 4.69. The molecule has 4 aromatic rings. The molecule has 6 nitrogen and oxygen atoms in total. The number of fused-ring (bicyclic) bond motifs is 2. The average molecular weight is 416 g/mol. The lowest BCUT2D eigenvalue weighted by Gasteiger charge is -2.23. The zero-order valence-electron chi connectivity index (χ0n) is 17.0. The summed E-state index contributed by atoms with van der Waals surface area (Å²) in [6.45, 7) is 6.16. The maximum Gasteiger partial charge on any atom is 0.264 e. The van der Waals surface area contributed by atoms with Gasteiger partial charge in [0.2, 0.25) is 5.95 Å². The molecule has 0 saturated carbocycles. The summed E-state index contributed by atoms with van der Waals surface area (Å²) in [7, 11) is 0. The Hall–Kier alpha value is -3.32. The number of benzene rings is 2. The van der Waals surface area contributed by atoms with Crippen LogP contribution in [0.25, 0.3) is 16.7 Å². The molecule has 2 aromatic heterocycles. The van der Waals surface area contributed by atoms with Crippen molar-refractivity contribution in [3.63, 3.8) is 0 Å². The van der Waals surface area contributed by atoms with Crippen LogP contribution in [0.1, 0.15) is 23.6 Å². The summed E-state index contributed by atoms with van der Waals surface area (Å²) < 4.78 is 2.21. The summed E-state index contributed by atoms with van der Waals surface area (Å²) in [5.41, 5.74) is 5.47. The first-order valence-electron chi connectivity index (χ1n) is 9.91. The van der Waals surface area contributed by atoms with Gasteiger partial charge in [-0.1, -0.05) is 48.6 Å². The molecule has 0 amide bonds. The van der Waals surface area contributed by atoms with Gasteiger partial charge >= 0.3 is 0 Å². The molecule has 2 aromatic carbocycles. The lowest BCUT2D eigenvalue weighted by molar-refractivity contribution is 0.739. The van der Waals surface area contributed by atoms with Crippen molar-refractivity contribution in [2.45, 2.75) is 33.2 Å². The molecule has 1 unspecified atom stereocenters. The van der Waals surface area contributed by atoms with Crippen molar-refractivity contribution in [1.82, 2.24) is 19.5 Å². The quantitative estimate of drug-likeness (QED) is 0.487. The minimum atomic E-state index is -0.273. The second-order valence-corrected chi connectivity index (χ2v) is 8.19. The van der Waals surface area contributed by atoms with Crippen molar-refractivity contribution in [2.75, 3.05) is 4.90 Å². The van der Waals surface area contributed by atoms with E-state index in [1.165, 1.54) is 5.56 Å². The zero-order valence-corrected chi connectivity index (χ0v) is 17.8. The van der Waals surface area contributed by atoms with E-state index in [4.69, 9.17) is 12.2 Å². The van der Waals surface area contributed by atoms with Crippen LogP contribution in [0.3, 0.4) is 0 Å². The third-order valence-electron chi connectivity index (χ3n) is 5.73. The number of rotatable bonds is 2. The van der Waals surface area contributed by atoms with E-state index in [2.05, 4.69) is 38.9 Å². The Morgan fingerprint density at radius 1 is 1.10 bits per heavy atom. The van der Waals surface area contributed by atoms with Crippen LogP contribution in [0.5, 0.6) is 0 Å². The molecular formula is C23H21N5OS. The number of hydrogen-bond donors (Lipinski definition) is 1. The monoisotopic (exact) mass is 415 g/mol. The Morgan fingerprint density at radius 2 is 1.83 bits per heavy atom. The van der Waals surface area contributed by atoms with Gasteiger partial charge in [-0.15, -0.1) is 0 Å². The number of para-hydroxylation sites is 2. The predicted octanol–water partition coefficient (Wildman–Crippen LogP) is 4.54. The highest BCUT2D eigenvalue weighted by Gasteiger charge is 2.29. The highest BCUT2D eigenvalue weighted by molar-refractivity contribution is 7.71. The molecule has 3 heterocycles. The lowest BCUT2D eigenvalue weighted by Crippen LogP contribution is -2.28. The molecule has 1 aliphatic rings. The van der Waals surface area contributed by atoms with Gasteiger partial charge in [0.1, 0.15) is 16.4 Å². The molecular weight excluding hydrogens is 394 g/mol. The van der Waals surface area contributed by atoms with Gasteiger partial charge in [-0.3, -0.25) is 14.3 Å². The summed E-state index contributed by atoms with van der Waals surface area (Å²) in [4.78, 5) is 27.3. The normalized spacial score (nSPS) is 15.6. The second-order valence-electron chi connectivity index (χ2n) is 7.80. The third kappa shape index (κ3) is 2.77. The number of H-pyrrole nitrogens is 1. The molecule has 150 valence electrons. The van der Waals surface area contributed by atoms with Gasteiger partial charge in [-0.25, -0.2) is 4.98 Å². The Labute approximate surface area is 178 Å². The molecule has 1 atom stereocenters. The summed E-state index contributed by atoms with van der Waals surface area (Å²) in [6.07, 6.45) is 2.57. The van der Waals surface area contributed by atoms with E-state index >= 15 is 0 Å². The Balaban J connectivity index is 1.71. The molecule has 1 N–H and O–H groups in total. The van der Waals surface area contributed by atoms with Gasteiger partial charge in [0.15, 0.2) is 5.65 Å². The molecule has 0 spiro atoms. The molecule has 30 heavy (non-hydrogen) atoms. The minimum Gasteiger partial charge on any atom is -0.309 e. The number of aromatic nitrogens is 4. The highest BCUT2D eigenvalue weighted by Crippen LogP contribution is 2.36. The number of nitrogens with one attached hydrogen (secondary N) is 1. The van der Waals surface area contributed by atoms with Gasteiger partial charge in [-0.05, 0) is 49.9 Å².